The average Bonchev–Trinajstić information content (AvgIpc) is 2.85. The van der Waals surface area contributed by atoms with Gasteiger partial charge in [-0.2, -0.15) is 16.8 Å². The van der Waals surface area contributed by atoms with Crippen LogP contribution >= 0.6 is 11.8 Å². The molecule has 1 aliphatic rings. The van der Waals surface area contributed by atoms with Crippen molar-refractivity contribution in [1.29, 1.82) is 0 Å². The van der Waals surface area contributed by atoms with Crippen molar-refractivity contribution in [2.24, 2.45) is 4.99 Å². The third-order valence-corrected chi connectivity index (χ3v) is 3.58. The second-order valence-corrected chi connectivity index (χ2v) is 5.45. The number of hydrogen-bond acceptors (Lipinski definition) is 7. The van der Waals surface area contributed by atoms with Gasteiger partial charge in [0.1, 0.15) is 0 Å². The van der Waals surface area contributed by atoms with Crippen molar-refractivity contribution in [3.05, 3.63) is 6.20 Å². The molecule has 1 aromatic rings. The van der Waals surface area contributed by atoms with Crippen molar-refractivity contribution in [2.45, 2.75) is 6.42 Å². The van der Waals surface area contributed by atoms with Gasteiger partial charge in [0, 0.05) is 13.1 Å². The highest BCUT2D eigenvalue weighted by Crippen LogP contribution is 2.07. The molecule has 1 aromatic heterocycles. The molecule has 19 heavy (non-hydrogen) atoms. The summed E-state index contributed by atoms with van der Waals surface area (Å²) < 4.78 is 5.06. The van der Waals surface area contributed by atoms with Gasteiger partial charge < -0.3 is 10.0 Å². The smallest absolute Gasteiger partial charge is 0.324 e. The lowest BCUT2D eigenvalue weighted by Crippen LogP contribution is -2.64. The maximum atomic E-state index is 11.5. The number of hydrogen-bond donors (Lipinski definition) is 0. The lowest BCUT2D eigenvalue weighted by molar-refractivity contribution is -0.759. The minimum atomic E-state index is -0.170. The number of rotatable bonds is 5. The average molecular weight is 285 g/mol. The first-order valence-corrected chi connectivity index (χ1v) is 7.64. The van der Waals surface area contributed by atoms with E-state index in [1.54, 1.807) is 22.7 Å². The van der Waals surface area contributed by atoms with Crippen LogP contribution in [0.3, 0.4) is 0 Å². The van der Waals surface area contributed by atoms with Crippen molar-refractivity contribution < 1.29 is 14.4 Å². The van der Waals surface area contributed by atoms with E-state index in [1.807, 2.05) is 6.26 Å². The topological polar surface area (TPSA) is 71.8 Å². The molecular weight excluding hydrogens is 266 g/mol. The van der Waals surface area contributed by atoms with Crippen molar-refractivity contribution in [1.82, 2.24) is 10.2 Å². The number of aromatic nitrogens is 2. The summed E-state index contributed by atoms with van der Waals surface area (Å²) in [6, 6.07) is 0. The molecule has 0 aliphatic carbocycles. The van der Waals surface area contributed by atoms with Gasteiger partial charge in [0.15, 0.2) is 0 Å². The summed E-state index contributed by atoms with van der Waals surface area (Å²) in [5.74, 6) is 0.871. The maximum Gasteiger partial charge on any atom is 0.324 e. The Bertz CT molecular complexity index is 428. The first-order chi connectivity index (χ1) is 9.19. The van der Waals surface area contributed by atoms with Crippen LogP contribution in [0.4, 0.5) is 5.88 Å². The summed E-state index contributed by atoms with van der Waals surface area (Å²) in [5.41, 5.74) is 0. The zero-order valence-electron chi connectivity index (χ0n) is 11.3. The molecule has 7 nitrogen and oxygen atoms in total. The quantitative estimate of drug-likeness (QED) is 0.392. The molecule has 0 spiro atoms. The van der Waals surface area contributed by atoms with Gasteiger partial charge in [-0.1, -0.05) is 0 Å². The van der Waals surface area contributed by atoms with E-state index in [1.165, 1.54) is 0 Å². The Kier molecular flexibility index (Phi) is 5.03. The van der Waals surface area contributed by atoms with Crippen LogP contribution in [0.5, 0.6) is 0 Å². The van der Waals surface area contributed by atoms with Crippen LogP contribution in [-0.2, 0) is 0 Å². The largest absolute Gasteiger partial charge is 0.862 e. The Labute approximate surface area is 116 Å². The van der Waals surface area contributed by atoms with E-state index in [9.17, 15) is 5.11 Å². The van der Waals surface area contributed by atoms with Gasteiger partial charge in [0.05, 0.1) is 17.9 Å². The van der Waals surface area contributed by atoms with Gasteiger partial charge in [-0.25, -0.2) is 4.99 Å². The molecular formula is C11H19N5O2S. The predicted molar refractivity (Wildman–Crippen MR) is 72.2 cm³/mol. The Morgan fingerprint density at radius 1 is 1.53 bits per heavy atom. The zero-order chi connectivity index (χ0) is 13.7. The third kappa shape index (κ3) is 4.10. The van der Waals surface area contributed by atoms with E-state index in [4.69, 9.17) is 4.52 Å². The molecule has 0 saturated carbocycles. The predicted octanol–water partition coefficient (Wildman–Crippen LogP) is -1.01. The SMILES string of the molecule is CSCCC([O-])=Nc1c[n+](N2CCN(C)CC2)no1. The molecule has 0 atom stereocenters. The fourth-order valence-corrected chi connectivity index (χ4v) is 2.16. The highest BCUT2D eigenvalue weighted by molar-refractivity contribution is 7.98. The minimum Gasteiger partial charge on any atom is -0.862 e. The summed E-state index contributed by atoms with van der Waals surface area (Å²) in [5, 5.41) is 17.5. The number of nitrogens with zero attached hydrogens (tertiary/aromatic N) is 5. The normalized spacial score (nSPS) is 18.0. The number of likely N-dealkylation sites (N-methyl/N-ethyl adjacent to an activating group) is 1. The molecule has 0 aromatic carbocycles. The zero-order valence-corrected chi connectivity index (χ0v) is 12.1. The third-order valence-electron chi connectivity index (χ3n) is 2.97. The van der Waals surface area contributed by atoms with Gasteiger partial charge in [0.25, 0.3) is 6.20 Å². The Morgan fingerprint density at radius 2 is 2.26 bits per heavy atom. The fourth-order valence-electron chi connectivity index (χ4n) is 1.78. The first kappa shape index (κ1) is 14.1. The molecule has 1 saturated heterocycles. The molecule has 2 rings (SSSR count). The van der Waals surface area contributed by atoms with Crippen LogP contribution in [0.1, 0.15) is 6.42 Å². The highest BCUT2D eigenvalue weighted by atomic mass is 32.2. The van der Waals surface area contributed by atoms with Crippen LogP contribution in [0.25, 0.3) is 0 Å². The molecule has 0 bridgehead atoms. The van der Waals surface area contributed by atoms with E-state index >= 15 is 0 Å². The van der Waals surface area contributed by atoms with Gasteiger partial charge in [-0.05, 0) is 31.4 Å². The molecule has 0 radical (unpaired) electrons. The molecule has 8 heteroatoms. The van der Waals surface area contributed by atoms with E-state index < -0.39 is 0 Å². The van der Waals surface area contributed by atoms with Crippen LogP contribution < -0.4 is 14.9 Å². The Hall–Kier alpha value is -1.28. The van der Waals surface area contributed by atoms with E-state index in [2.05, 4.69) is 27.2 Å². The molecule has 0 amide bonds. The number of piperazine rings is 1. The summed E-state index contributed by atoms with van der Waals surface area (Å²) in [4.78, 5) is 7.78. The summed E-state index contributed by atoms with van der Waals surface area (Å²) >= 11 is 1.62. The van der Waals surface area contributed by atoms with Crippen LogP contribution in [-0.4, -0.2) is 61.3 Å². The van der Waals surface area contributed by atoms with Crippen molar-refractivity contribution in [3.8, 4) is 0 Å². The lowest BCUT2D eigenvalue weighted by atomic mass is 10.4. The number of aliphatic imine (C=N–C) groups is 1. The summed E-state index contributed by atoms with van der Waals surface area (Å²) in [6.07, 6.45) is 4.04. The van der Waals surface area contributed by atoms with E-state index in [0.717, 1.165) is 31.9 Å². The Morgan fingerprint density at radius 3 is 2.95 bits per heavy atom. The maximum absolute atomic E-state index is 11.5. The number of thioether (sulfide) groups is 1. The summed E-state index contributed by atoms with van der Waals surface area (Å²) in [7, 11) is 2.09. The molecule has 1 fully saturated rings. The van der Waals surface area contributed by atoms with Crippen molar-refractivity contribution >= 4 is 23.5 Å². The molecule has 2 heterocycles. The van der Waals surface area contributed by atoms with Crippen LogP contribution in [0.2, 0.25) is 0 Å². The van der Waals surface area contributed by atoms with Gasteiger partial charge in [-0.15, -0.1) is 0 Å². The molecule has 0 unspecified atom stereocenters. The van der Waals surface area contributed by atoms with Gasteiger partial charge in [-0.3, -0.25) is 4.52 Å². The molecule has 1 aliphatic heterocycles. The van der Waals surface area contributed by atoms with Crippen molar-refractivity contribution in [3.63, 3.8) is 0 Å². The molecule has 0 N–H and O–H groups in total. The van der Waals surface area contributed by atoms with E-state index in [-0.39, 0.29) is 11.8 Å². The first-order valence-electron chi connectivity index (χ1n) is 6.25. The second-order valence-electron chi connectivity index (χ2n) is 4.47. The minimum absolute atomic E-state index is 0.170. The van der Waals surface area contributed by atoms with Gasteiger partial charge >= 0.3 is 5.88 Å². The van der Waals surface area contributed by atoms with Crippen LogP contribution in [0.15, 0.2) is 15.7 Å². The monoisotopic (exact) mass is 285 g/mol. The van der Waals surface area contributed by atoms with Crippen LogP contribution in [0, 0.1) is 0 Å². The fraction of sp³-hybridized carbons (Fsp3) is 0.727. The van der Waals surface area contributed by atoms with Gasteiger partial charge in [0.2, 0.25) is 5.27 Å². The van der Waals surface area contributed by atoms with Crippen molar-refractivity contribution in [2.75, 3.05) is 50.2 Å². The molecule has 106 valence electrons. The highest BCUT2D eigenvalue weighted by Gasteiger charge is 2.24. The lowest BCUT2D eigenvalue weighted by Gasteiger charge is -2.26. The summed E-state index contributed by atoms with van der Waals surface area (Å²) in [6.45, 7) is 3.74. The Balaban J connectivity index is 1.95. The van der Waals surface area contributed by atoms with E-state index in [0.29, 0.717) is 6.42 Å². The standard InChI is InChI=1S/C11H19N5O2S/c1-14-4-6-15(7-5-14)16-9-11(18-13-16)12-10(17)3-8-19-2/h9H,3-8H2,1-2H3. The second kappa shape index (κ2) is 6.76.